The molecule has 2 N–H and O–H groups in total. The maximum absolute atomic E-state index is 11.5. The molecule has 106 valence electrons. The number of carbonyl (C=O) groups excluding carboxylic acids is 1. The van der Waals surface area contributed by atoms with E-state index < -0.39 is 0 Å². The topological polar surface area (TPSA) is 44.4 Å². The number of amides is 1. The van der Waals surface area contributed by atoms with E-state index in [0.717, 1.165) is 19.6 Å². The Balaban J connectivity index is 2.02. The number of rotatable bonds is 7. The fourth-order valence-corrected chi connectivity index (χ4v) is 2.28. The minimum absolute atomic E-state index is 0.160. The molecule has 1 fully saturated rings. The zero-order valence-corrected chi connectivity index (χ0v) is 12.2. The largest absolute Gasteiger partial charge is 0.356 e. The summed E-state index contributed by atoms with van der Waals surface area (Å²) in [5.41, 5.74) is 0. The summed E-state index contributed by atoms with van der Waals surface area (Å²) in [5.74, 6) is 0.686. The van der Waals surface area contributed by atoms with Crippen molar-refractivity contribution in [3.05, 3.63) is 0 Å². The fraction of sp³-hybridized carbons (Fsp3) is 0.929. The number of nitrogens with zero attached hydrogens (tertiary/aromatic N) is 1. The second-order valence-corrected chi connectivity index (χ2v) is 5.78. The highest BCUT2D eigenvalue weighted by Gasteiger charge is 2.17. The van der Waals surface area contributed by atoms with E-state index in [2.05, 4.69) is 36.4 Å². The molecule has 1 aliphatic rings. The van der Waals surface area contributed by atoms with E-state index >= 15 is 0 Å². The van der Waals surface area contributed by atoms with E-state index in [1.165, 1.54) is 25.8 Å². The minimum Gasteiger partial charge on any atom is -0.356 e. The summed E-state index contributed by atoms with van der Waals surface area (Å²) in [6.45, 7) is 8.00. The van der Waals surface area contributed by atoms with Crippen LogP contribution in [0.15, 0.2) is 0 Å². The number of hydrogen-bond donors (Lipinski definition) is 2. The lowest BCUT2D eigenvalue weighted by Crippen LogP contribution is -2.43. The molecular weight excluding hydrogens is 226 g/mol. The van der Waals surface area contributed by atoms with Crippen LogP contribution in [-0.2, 0) is 4.79 Å². The van der Waals surface area contributed by atoms with E-state index in [9.17, 15) is 4.79 Å². The van der Waals surface area contributed by atoms with Gasteiger partial charge in [0, 0.05) is 32.1 Å². The molecule has 4 nitrogen and oxygen atoms in total. The summed E-state index contributed by atoms with van der Waals surface area (Å²) in [6.07, 6.45) is 4.53. The van der Waals surface area contributed by atoms with Gasteiger partial charge in [-0.05, 0) is 32.4 Å². The van der Waals surface area contributed by atoms with Crippen LogP contribution in [0.4, 0.5) is 0 Å². The zero-order valence-electron chi connectivity index (χ0n) is 12.2. The van der Waals surface area contributed by atoms with Crippen molar-refractivity contribution in [2.45, 2.75) is 45.6 Å². The lowest BCUT2D eigenvalue weighted by Gasteiger charge is -2.32. The van der Waals surface area contributed by atoms with E-state index in [1.54, 1.807) is 0 Å². The number of likely N-dealkylation sites (N-methyl/N-ethyl adjacent to an activating group) is 1. The van der Waals surface area contributed by atoms with Gasteiger partial charge in [-0.2, -0.15) is 0 Å². The van der Waals surface area contributed by atoms with Crippen LogP contribution in [0, 0.1) is 5.92 Å². The van der Waals surface area contributed by atoms with Crippen LogP contribution in [0.3, 0.4) is 0 Å². The predicted molar refractivity (Wildman–Crippen MR) is 75.6 cm³/mol. The van der Waals surface area contributed by atoms with Crippen LogP contribution < -0.4 is 10.6 Å². The third-order valence-corrected chi connectivity index (χ3v) is 3.54. The lowest BCUT2D eigenvalue weighted by molar-refractivity contribution is -0.121. The molecule has 0 spiro atoms. The molecule has 1 heterocycles. The van der Waals surface area contributed by atoms with Crippen molar-refractivity contribution in [3.63, 3.8) is 0 Å². The molecule has 1 amide bonds. The molecule has 0 aromatic rings. The predicted octanol–water partition coefficient (Wildman–Crippen LogP) is 1.22. The summed E-state index contributed by atoms with van der Waals surface area (Å²) in [4.78, 5) is 13.9. The smallest absolute Gasteiger partial charge is 0.221 e. The summed E-state index contributed by atoms with van der Waals surface area (Å²) in [5, 5.41) is 6.34. The van der Waals surface area contributed by atoms with Gasteiger partial charge in [-0.25, -0.2) is 0 Å². The average molecular weight is 255 g/mol. The Labute approximate surface area is 111 Å². The van der Waals surface area contributed by atoms with Crippen LogP contribution in [0.1, 0.15) is 39.5 Å². The van der Waals surface area contributed by atoms with Crippen molar-refractivity contribution in [2.24, 2.45) is 5.92 Å². The van der Waals surface area contributed by atoms with Crippen molar-refractivity contribution in [3.8, 4) is 0 Å². The molecule has 1 unspecified atom stereocenters. The van der Waals surface area contributed by atoms with Crippen LogP contribution in [0.25, 0.3) is 0 Å². The zero-order chi connectivity index (χ0) is 13.4. The molecule has 0 bridgehead atoms. The quantitative estimate of drug-likeness (QED) is 0.672. The normalized spacial score (nSPS) is 21.2. The first-order valence-corrected chi connectivity index (χ1v) is 7.27. The van der Waals surface area contributed by atoms with Gasteiger partial charge in [0.2, 0.25) is 5.91 Å². The molecule has 1 saturated heterocycles. The Morgan fingerprint density at radius 2 is 2.17 bits per heavy atom. The standard InChI is InChI=1S/C14H29N3O/c1-12(2)10-16-14(18)7-8-15-11-13-6-4-5-9-17(13)3/h12-13,15H,4-11H2,1-3H3,(H,16,18). The van der Waals surface area contributed by atoms with Crippen molar-refractivity contribution in [1.29, 1.82) is 0 Å². The third-order valence-electron chi connectivity index (χ3n) is 3.54. The van der Waals surface area contributed by atoms with E-state index in [4.69, 9.17) is 0 Å². The molecule has 1 rings (SSSR count). The van der Waals surface area contributed by atoms with Crippen molar-refractivity contribution in [1.82, 2.24) is 15.5 Å². The molecular formula is C14H29N3O. The van der Waals surface area contributed by atoms with Gasteiger partial charge in [-0.15, -0.1) is 0 Å². The van der Waals surface area contributed by atoms with Crippen LogP contribution in [0.5, 0.6) is 0 Å². The molecule has 1 aliphatic heterocycles. The summed E-state index contributed by atoms with van der Waals surface area (Å²) < 4.78 is 0. The Morgan fingerprint density at radius 3 is 2.83 bits per heavy atom. The second kappa shape index (κ2) is 8.48. The van der Waals surface area contributed by atoms with E-state index in [1.807, 2.05) is 0 Å². The number of piperidine rings is 1. The summed E-state index contributed by atoms with van der Waals surface area (Å²) in [6, 6.07) is 0.650. The van der Waals surface area contributed by atoms with Gasteiger partial charge in [0.25, 0.3) is 0 Å². The number of carbonyl (C=O) groups is 1. The summed E-state index contributed by atoms with van der Waals surface area (Å²) in [7, 11) is 2.20. The van der Waals surface area contributed by atoms with Crippen LogP contribution in [-0.4, -0.2) is 50.1 Å². The summed E-state index contributed by atoms with van der Waals surface area (Å²) >= 11 is 0. The first kappa shape index (κ1) is 15.4. The van der Waals surface area contributed by atoms with Gasteiger partial charge >= 0.3 is 0 Å². The first-order valence-electron chi connectivity index (χ1n) is 7.27. The van der Waals surface area contributed by atoms with Gasteiger partial charge in [-0.1, -0.05) is 20.3 Å². The maximum atomic E-state index is 11.5. The van der Waals surface area contributed by atoms with Gasteiger partial charge in [0.1, 0.15) is 0 Å². The van der Waals surface area contributed by atoms with E-state index in [-0.39, 0.29) is 5.91 Å². The SMILES string of the molecule is CC(C)CNC(=O)CCNCC1CCCCN1C. The highest BCUT2D eigenvalue weighted by atomic mass is 16.1. The Hall–Kier alpha value is -0.610. The first-order chi connectivity index (χ1) is 8.59. The Kier molecular flexibility index (Phi) is 7.28. The highest BCUT2D eigenvalue weighted by Crippen LogP contribution is 2.13. The number of hydrogen-bond acceptors (Lipinski definition) is 3. The molecule has 0 aromatic carbocycles. The van der Waals surface area contributed by atoms with Gasteiger partial charge in [0.05, 0.1) is 0 Å². The van der Waals surface area contributed by atoms with Crippen molar-refractivity contribution in [2.75, 3.05) is 33.2 Å². The Bertz CT molecular complexity index is 243. The highest BCUT2D eigenvalue weighted by molar-refractivity contribution is 5.76. The number of nitrogens with one attached hydrogen (secondary N) is 2. The second-order valence-electron chi connectivity index (χ2n) is 5.78. The fourth-order valence-electron chi connectivity index (χ4n) is 2.28. The van der Waals surface area contributed by atoms with Crippen LogP contribution >= 0.6 is 0 Å². The molecule has 0 saturated carbocycles. The monoisotopic (exact) mass is 255 g/mol. The molecule has 0 radical (unpaired) electrons. The lowest BCUT2D eigenvalue weighted by atomic mass is 10.0. The number of likely N-dealkylation sites (tertiary alicyclic amines) is 1. The van der Waals surface area contributed by atoms with Crippen molar-refractivity contribution < 1.29 is 4.79 Å². The molecule has 1 atom stereocenters. The minimum atomic E-state index is 0.160. The molecule has 4 heteroatoms. The van der Waals surface area contributed by atoms with Gasteiger partial charge in [0.15, 0.2) is 0 Å². The molecule has 0 aliphatic carbocycles. The average Bonchev–Trinajstić information content (AvgIpc) is 2.34. The third kappa shape index (κ3) is 6.36. The van der Waals surface area contributed by atoms with Gasteiger partial charge in [-0.3, -0.25) is 4.79 Å². The molecule has 18 heavy (non-hydrogen) atoms. The van der Waals surface area contributed by atoms with Crippen LogP contribution in [0.2, 0.25) is 0 Å². The van der Waals surface area contributed by atoms with Crippen molar-refractivity contribution >= 4 is 5.91 Å². The van der Waals surface area contributed by atoms with Gasteiger partial charge < -0.3 is 15.5 Å². The van der Waals surface area contributed by atoms with E-state index in [0.29, 0.717) is 18.4 Å². The maximum Gasteiger partial charge on any atom is 0.221 e. The Morgan fingerprint density at radius 1 is 1.39 bits per heavy atom. The molecule has 0 aromatic heterocycles.